The third-order valence-electron chi connectivity index (χ3n) is 5.89. The summed E-state index contributed by atoms with van der Waals surface area (Å²) in [6.07, 6.45) is 0.802. The predicted octanol–water partition coefficient (Wildman–Crippen LogP) is 5.27. The number of hydrogen-bond donors (Lipinski definition) is 2. The molecule has 2 unspecified atom stereocenters. The highest BCUT2D eigenvalue weighted by molar-refractivity contribution is 7.77. The maximum atomic E-state index is 11.1. The van der Waals surface area contributed by atoms with E-state index in [1.807, 2.05) is 48.5 Å². The fourth-order valence-electron chi connectivity index (χ4n) is 4.47. The molecule has 4 aromatic rings. The van der Waals surface area contributed by atoms with Crippen molar-refractivity contribution in [3.05, 3.63) is 133 Å². The smallest absolute Gasteiger partial charge is 0.159 e. The third kappa shape index (κ3) is 6.35. The summed E-state index contributed by atoms with van der Waals surface area (Å²) < 4.78 is 0. The standard InChI is InChI=1S/C31H32O2P2/c1-24(2)23-29(34(25-15-7-3-8-16-25)26-17-9-4-10-18-26)30(31(32)33)35(27-19-11-5-12-20-27)28-21-13-6-14-22-28/h3-23,29-33H,1-2H3. The minimum atomic E-state index is -1.47. The highest BCUT2D eigenvalue weighted by Crippen LogP contribution is 2.53. The molecule has 0 saturated carbocycles. The van der Waals surface area contributed by atoms with Crippen LogP contribution in [0.25, 0.3) is 0 Å². The number of benzene rings is 4. The van der Waals surface area contributed by atoms with Gasteiger partial charge in [0.05, 0.1) is 0 Å². The van der Waals surface area contributed by atoms with Gasteiger partial charge in [0.15, 0.2) is 6.29 Å². The molecule has 0 radical (unpaired) electrons. The number of aliphatic hydroxyl groups is 2. The van der Waals surface area contributed by atoms with E-state index >= 15 is 0 Å². The lowest BCUT2D eigenvalue weighted by atomic mass is 10.2. The van der Waals surface area contributed by atoms with E-state index < -0.39 is 27.8 Å². The molecule has 0 fully saturated rings. The molecule has 4 rings (SSSR count). The molecule has 0 heterocycles. The highest BCUT2D eigenvalue weighted by atomic mass is 31.1. The average Bonchev–Trinajstić information content (AvgIpc) is 2.89. The molecule has 0 aliphatic carbocycles. The van der Waals surface area contributed by atoms with Gasteiger partial charge < -0.3 is 10.2 Å². The first kappa shape index (κ1) is 25.5. The first-order valence-corrected chi connectivity index (χ1v) is 14.7. The van der Waals surface area contributed by atoms with Crippen LogP contribution < -0.4 is 21.2 Å². The molecule has 0 amide bonds. The SMILES string of the molecule is CC(C)=CC(C(C(O)O)P(c1ccccc1)c1ccccc1)P(c1ccccc1)c1ccccc1. The second kappa shape index (κ2) is 12.4. The first-order valence-electron chi connectivity index (χ1n) is 11.9. The van der Waals surface area contributed by atoms with E-state index in [-0.39, 0.29) is 5.66 Å². The third-order valence-corrected chi connectivity index (χ3v) is 11.8. The quantitative estimate of drug-likeness (QED) is 0.188. The van der Waals surface area contributed by atoms with Crippen LogP contribution in [0.5, 0.6) is 0 Å². The van der Waals surface area contributed by atoms with Gasteiger partial charge in [-0.05, 0) is 50.9 Å². The van der Waals surface area contributed by atoms with E-state index in [2.05, 4.69) is 92.7 Å². The van der Waals surface area contributed by atoms with Crippen LogP contribution in [-0.2, 0) is 0 Å². The summed E-state index contributed by atoms with van der Waals surface area (Å²) in [6.45, 7) is 4.20. The van der Waals surface area contributed by atoms with E-state index in [0.29, 0.717) is 0 Å². The van der Waals surface area contributed by atoms with E-state index in [1.54, 1.807) is 0 Å². The van der Waals surface area contributed by atoms with Gasteiger partial charge in [-0.15, -0.1) is 0 Å². The average molecular weight is 499 g/mol. The molecule has 0 saturated heterocycles. The molecule has 4 aromatic carbocycles. The lowest BCUT2D eigenvalue weighted by Crippen LogP contribution is -2.41. The molecule has 0 aliphatic heterocycles. The van der Waals surface area contributed by atoms with Gasteiger partial charge in [-0.2, -0.15) is 0 Å². The van der Waals surface area contributed by atoms with Gasteiger partial charge in [0.1, 0.15) is 0 Å². The number of aliphatic hydroxyl groups excluding tert-OH is 1. The van der Waals surface area contributed by atoms with Crippen LogP contribution in [0.3, 0.4) is 0 Å². The minimum absolute atomic E-state index is 0.0775. The molecule has 35 heavy (non-hydrogen) atoms. The number of rotatable bonds is 9. The van der Waals surface area contributed by atoms with E-state index in [4.69, 9.17) is 0 Å². The number of allylic oxidation sites excluding steroid dienone is 2. The Morgan fingerprint density at radius 1 is 0.543 bits per heavy atom. The zero-order valence-corrected chi connectivity index (χ0v) is 21.9. The largest absolute Gasteiger partial charge is 0.368 e. The Morgan fingerprint density at radius 2 is 0.857 bits per heavy atom. The normalized spacial score (nSPS) is 13.1. The van der Waals surface area contributed by atoms with Crippen molar-refractivity contribution in [1.29, 1.82) is 0 Å². The van der Waals surface area contributed by atoms with Crippen molar-refractivity contribution in [3.8, 4) is 0 Å². The molecule has 0 bridgehead atoms. The lowest BCUT2D eigenvalue weighted by Gasteiger charge is -2.39. The molecule has 2 nitrogen and oxygen atoms in total. The molecule has 2 N–H and O–H groups in total. The van der Waals surface area contributed by atoms with Gasteiger partial charge in [-0.25, -0.2) is 0 Å². The molecule has 2 atom stereocenters. The molecule has 0 spiro atoms. The Bertz CT molecular complexity index is 1110. The summed E-state index contributed by atoms with van der Waals surface area (Å²) >= 11 is 0. The molecule has 0 aliphatic rings. The van der Waals surface area contributed by atoms with Crippen molar-refractivity contribution in [2.24, 2.45) is 0 Å². The second-order valence-electron chi connectivity index (χ2n) is 8.72. The maximum absolute atomic E-state index is 11.1. The summed E-state index contributed by atoms with van der Waals surface area (Å²) in [7, 11) is -1.98. The Hall–Kier alpha value is -2.60. The summed E-state index contributed by atoms with van der Waals surface area (Å²) in [6, 6.07) is 41.8. The Balaban J connectivity index is 1.96. The lowest BCUT2D eigenvalue weighted by molar-refractivity contribution is -0.0394. The Labute approximate surface area is 211 Å². The molecule has 4 heteroatoms. The minimum Gasteiger partial charge on any atom is -0.368 e. The Morgan fingerprint density at radius 3 is 1.14 bits per heavy atom. The van der Waals surface area contributed by atoms with Crippen LogP contribution in [0.15, 0.2) is 133 Å². The summed E-state index contributed by atoms with van der Waals surface area (Å²) in [5.41, 5.74) is 0.707. The van der Waals surface area contributed by atoms with E-state index in [1.165, 1.54) is 16.2 Å². The fraction of sp³-hybridized carbons (Fsp3) is 0.161. The van der Waals surface area contributed by atoms with Gasteiger partial charge in [-0.1, -0.05) is 133 Å². The van der Waals surface area contributed by atoms with Crippen molar-refractivity contribution in [3.63, 3.8) is 0 Å². The van der Waals surface area contributed by atoms with Gasteiger partial charge in [0, 0.05) is 11.3 Å². The molecular formula is C31H32O2P2. The van der Waals surface area contributed by atoms with E-state index in [9.17, 15) is 10.2 Å². The number of hydrogen-bond acceptors (Lipinski definition) is 2. The zero-order chi connectivity index (χ0) is 24.6. The van der Waals surface area contributed by atoms with Gasteiger partial charge in [0.2, 0.25) is 0 Å². The van der Waals surface area contributed by atoms with Crippen molar-refractivity contribution in [2.45, 2.75) is 31.5 Å². The van der Waals surface area contributed by atoms with Crippen molar-refractivity contribution in [1.82, 2.24) is 0 Å². The first-order chi connectivity index (χ1) is 17.1. The van der Waals surface area contributed by atoms with Crippen LogP contribution in [0.2, 0.25) is 0 Å². The highest BCUT2D eigenvalue weighted by Gasteiger charge is 2.40. The molecular weight excluding hydrogens is 466 g/mol. The zero-order valence-electron chi connectivity index (χ0n) is 20.1. The Kier molecular flexibility index (Phi) is 9.02. The van der Waals surface area contributed by atoms with E-state index in [0.717, 1.165) is 10.6 Å². The second-order valence-corrected chi connectivity index (χ2v) is 13.5. The van der Waals surface area contributed by atoms with Crippen molar-refractivity contribution in [2.75, 3.05) is 0 Å². The topological polar surface area (TPSA) is 40.5 Å². The van der Waals surface area contributed by atoms with Gasteiger partial charge >= 0.3 is 0 Å². The fourth-order valence-corrected chi connectivity index (χ4v) is 10.8. The summed E-state index contributed by atoms with van der Waals surface area (Å²) in [5, 5.41) is 26.9. The van der Waals surface area contributed by atoms with Crippen LogP contribution in [-0.4, -0.2) is 27.8 Å². The van der Waals surface area contributed by atoms with Crippen molar-refractivity contribution >= 4 is 37.1 Å². The van der Waals surface area contributed by atoms with Crippen LogP contribution in [0, 0.1) is 0 Å². The van der Waals surface area contributed by atoms with Gasteiger partial charge in [0.25, 0.3) is 0 Å². The maximum Gasteiger partial charge on any atom is 0.159 e. The monoisotopic (exact) mass is 498 g/mol. The summed E-state index contributed by atoms with van der Waals surface area (Å²) in [4.78, 5) is 0. The summed E-state index contributed by atoms with van der Waals surface area (Å²) in [5.74, 6) is 0. The van der Waals surface area contributed by atoms with Crippen LogP contribution >= 0.6 is 15.8 Å². The molecule has 178 valence electrons. The van der Waals surface area contributed by atoms with Crippen LogP contribution in [0.4, 0.5) is 0 Å². The molecule has 0 aromatic heterocycles. The van der Waals surface area contributed by atoms with Gasteiger partial charge in [-0.3, -0.25) is 0 Å². The van der Waals surface area contributed by atoms with Crippen LogP contribution in [0.1, 0.15) is 13.8 Å². The predicted molar refractivity (Wildman–Crippen MR) is 153 cm³/mol. The van der Waals surface area contributed by atoms with Crippen molar-refractivity contribution < 1.29 is 10.2 Å².